The van der Waals surface area contributed by atoms with Crippen LogP contribution in [0.3, 0.4) is 0 Å². The van der Waals surface area contributed by atoms with Crippen molar-refractivity contribution in [2.45, 2.75) is 44.8 Å². The molecule has 1 rings (SSSR count). The molecule has 0 aliphatic heterocycles. The van der Waals surface area contributed by atoms with E-state index in [4.69, 9.17) is 10.8 Å². The van der Waals surface area contributed by atoms with Gasteiger partial charge in [0.2, 0.25) is 5.91 Å². The first kappa shape index (κ1) is 11.5. The lowest BCUT2D eigenvalue weighted by molar-refractivity contribution is -0.125. The summed E-state index contributed by atoms with van der Waals surface area (Å²) >= 11 is 0. The van der Waals surface area contributed by atoms with Gasteiger partial charge in [-0.05, 0) is 19.3 Å². The Morgan fingerprint density at radius 2 is 2.29 bits per heavy atom. The number of carbonyl (C=O) groups is 1. The van der Waals surface area contributed by atoms with Crippen LogP contribution in [0.2, 0.25) is 0 Å². The van der Waals surface area contributed by atoms with E-state index in [0.717, 1.165) is 12.3 Å². The van der Waals surface area contributed by atoms with E-state index in [1.165, 1.54) is 19.3 Å². The summed E-state index contributed by atoms with van der Waals surface area (Å²) in [4.78, 5) is 10.5. The fraction of sp³-hybridized carbons (Fsp3) is 0.900. The van der Waals surface area contributed by atoms with Crippen molar-refractivity contribution in [1.29, 1.82) is 0 Å². The predicted octanol–water partition coefficient (Wildman–Crippen LogP) is 0.000900. The molecule has 2 atom stereocenters. The first-order valence-corrected chi connectivity index (χ1v) is 5.30. The molecule has 4 heteroatoms. The molecule has 1 aliphatic carbocycles. The van der Waals surface area contributed by atoms with Gasteiger partial charge in [-0.25, -0.2) is 0 Å². The minimum absolute atomic E-state index is 0.267. The fourth-order valence-electron chi connectivity index (χ4n) is 1.73. The van der Waals surface area contributed by atoms with Gasteiger partial charge >= 0.3 is 0 Å². The molecule has 1 amide bonds. The van der Waals surface area contributed by atoms with Gasteiger partial charge in [-0.1, -0.05) is 19.3 Å². The van der Waals surface area contributed by atoms with Crippen molar-refractivity contribution in [3.05, 3.63) is 0 Å². The van der Waals surface area contributed by atoms with Crippen LogP contribution in [0.1, 0.15) is 32.6 Å². The molecule has 1 aliphatic rings. The lowest BCUT2D eigenvalue weighted by Gasteiger charge is -2.28. The predicted molar refractivity (Wildman–Crippen MR) is 54.6 cm³/mol. The largest absolute Gasteiger partial charge is 0.382 e. The maximum Gasteiger partial charge on any atom is 0.247 e. The number of nitrogens with one attached hydrogen (secondary N) is 1. The summed E-state index contributed by atoms with van der Waals surface area (Å²) in [6, 6.07) is 0.356. The third-order valence-corrected chi connectivity index (χ3v) is 2.90. The van der Waals surface area contributed by atoms with Gasteiger partial charge < -0.3 is 16.2 Å². The van der Waals surface area contributed by atoms with Gasteiger partial charge in [0.05, 0.1) is 0 Å². The minimum atomic E-state index is -1.06. The van der Waals surface area contributed by atoms with Crippen LogP contribution in [-0.4, -0.2) is 29.7 Å². The number of aliphatic hydroxyl groups excluding tert-OH is 1. The Labute approximate surface area is 84.9 Å². The van der Waals surface area contributed by atoms with Crippen LogP contribution >= 0.6 is 0 Å². The van der Waals surface area contributed by atoms with E-state index in [0.29, 0.717) is 6.04 Å². The Morgan fingerprint density at radius 1 is 1.64 bits per heavy atom. The van der Waals surface area contributed by atoms with Crippen molar-refractivity contribution >= 4 is 5.91 Å². The lowest BCUT2D eigenvalue weighted by Crippen LogP contribution is -2.41. The molecule has 1 fully saturated rings. The van der Waals surface area contributed by atoms with Gasteiger partial charge in [0.25, 0.3) is 0 Å². The summed E-state index contributed by atoms with van der Waals surface area (Å²) in [6.45, 7) is 2.34. The number of hydrogen-bond donors (Lipinski definition) is 3. The number of rotatable bonds is 6. The van der Waals surface area contributed by atoms with Crippen LogP contribution in [0, 0.1) is 5.92 Å². The van der Waals surface area contributed by atoms with Crippen LogP contribution < -0.4 is 11.1 Å². The maximum atomic E-state index is 10.5. The van der Waals surface area contributed by atoms with E-state index in [9.17, 15) is 4.79 Å². The molecule has 1 saturated carbocycles. The zero-order valence-corrected chi connectivity index (χ0v) is 8.70. The zero-order chi connectivity index (χ0) is 10.6. The molecule has 0 saturated heterocycles. The molecule has 4 N–H and O–H groups in total. The second-order valence-corrected chi connectivity index (χ2v) is 4.26. The smallest absolute Gasteiger partial charge is 0.247 e. The van der Waals surface area contributed by atoms with E-state index in [1.54, 1.807) is 0 Å². The summed E-state index contributed by atoms with van der Waals surface area (Å²) in [5.41, 5.74) is 4.93. The highest BCUT2D eigenvalue weighted by Gasteiger charge is 2.20. The Bertz CT molecular complexity index is 193. The summed E-state index contributed by atoms with van der Waals surface area (Å²) in [5, 5.41) is 12.3. The van der Waals surface area contributed by atoms with E-state index in [2.05, 4.69) is 12.2 Å². The highest BCUT2D eigenvalue weighted by Crippen LogP contribution is 2.30. The van der Waals surface area contributed by atoms with E-state index >= 15 is 0 Å². The molecule has 0 heterocycles. The van der Waals surface area contributed by atoms with E-state index < -0.39 is 12.0 Å². The minimum Gasteiger partial charge on any atom is -0.382 e. The molecule has 0 aromatic carbocycles. The third kappa shape index (κ3) is 3.64. The Morgan fingerprint density at radius 3 is 2.71 bits per heavy atom. The molecule has 0 bridgehead atoms. The molecule has 0 spiro atoms. The van der Waals surface area contributed by atoms with Crippen molar-refractivity contribution in [3.63, 3.8) is 0 Å². The topological polar surface area (TPSA) is 75.3 Å². The van der Waals surface area contributed by atoms with Gasteiger partial charge in [0, 0.05) is 12.6 Å². The summed E-state index contributed by atoms with van der Waals surface area (Å²) in [7, 11) is 0. The third-order valence-electron chi connectivity index (χ3n) is 2.90. The van der Waals surface area contributed by atoms with Crippen molar-refractivity contribution in [1.82, 2.24) is 5.32 Å². The Balaban J connectivity index is 2.07. The first-order chi connectivity index (χ1) is 6.59. The standard InChI is InChI=1S/C10H20N2O2/c1-7(5-8-3-2-4-8)12-6-9(13)10(11)14/h7-9,12-13H,2-6H2,1H3,(H2,11,14). The van der Waals surface area contributed by atoms with Crippen LogP contribution in [0.15, 0.2) is 0 Å². The molecular formula is C10H20N2O2. The number of carbonyl (C=O) groups excluding carboxylic acids is 1. The normalized spacial score (nSPS) is 21.3. The number of aliphatic hydroxyl groups is 1. The van der Waals surface area contributed by atoms with E-state index in [-0.39, 0.29) is 6.54 Å². The van der Waals surface area contributed by atoms with Gasteiger partial charge in [-0.2, -0.15) is 0 Å². The second-order valence-electron chi connectivity index (χ2n) is 4.26. The maximum absolute atomic E-state index is 10.5. The van der Waals surface area contributed by atoms with Gasteiger partial charge in [0.1, 0.15) is 6.10 Å². The lowest BCUT2D eigenvalue weighted by atomic mass is 9.81. The highest BCUT2D eigenvalue weighted by molar-refractivity contribution is 5.78. The van der Waals surface area contributed by atoms with Gasteiger partial charge in [-0.3, -0.25) is 4.79 Å². The second kappa shape index (κ2) is 5.32. The van der Waals surface area contributed by atoms with Crippen molar-refractivity contribution in [2.75, 3.05) is 6.54 Å². The first-order valence-electron chi connectivity index (χ1n) is 5.30. The number of amides is 1. The molecule has 0 aromatic rings. The number of nitrogens with two attached hydrogens (primary N) is 1. The van der Waals surface area contributed by atoms with E-state index in [1.807, 2.05) is 0 Å². The highest BCUT2D eigenvalue weighted by atomic mass is 16.3. The number of primary amides is 1. The van der Waals surface area contributed by atoms with Crippen molar-refractivity contribution < 1.29 is 9.90 Å². The summed E-state index contributed by atoms with van der Waals surface area (Å²) < 4.78 is 0. The summed E-state index contributed by atoms with van der Waals surface area (Å²) in [6.07, 6.45) is 4.07. The van der Waals surface area contributed by atoms with Crippen LogP contribution in [0.5, 0.6) is 0 Å². The summed E-state index contributed by atoms with van der Waals surface area (Å²) in [5.74, 6) is 0.177. The Kier molecular flexibility index (Phi) is 4.35. The van der Waals surface area contributed by atoms with Crippen molar-refractivity contribution in [2.24, 2.45) is 11.7 Å². The van der Waals surface area contributed by atoms with Crippen molar-refractivity contribution in [3.8, 4) is 0 Å². The molecule has 82 valence electrons. The SMILES string of the molecule is CC(CC1CCC1)NCC(O)C(N)=O. The zero-order valence-electron chi connectivity index (χ0n) is 8.70. The molecular weight excluding hydrogens is 180 g/mol. The van der Waals surface area contributed by atoms with Gasteiger partial charge in [0.15, 0.2) is 0 Å². The molecule has 4 nitrogen and oxygen atoms in total. The van der Waals surface area contributed by atoms with Gasteiger partial charge in [-0.15, -0.1) is 0 Å². The molecule has 0 radical (unpaired) electrons. The number of hydrogen-bond acceptors (Lipinski definition) is 3. The molecule has 2 unspecified atom stereocenters. The molecule has 0 aromatic heterocycles. The average molecular weight is 200 g/mol. The van der Waals surface area contributed by atoms with Crippen LogP contribution in [0.4, 0.5) is 0 Å². The Hall–Kier alpha value is -0.610. The molecule has 14 heavy (non-hydrogen) atoms. The van der Waals surface area contributed by atoms with Crippen LogP contribution in [0.25, 0.3) is 0 Å². The fourth-order valence-corrected chi connectivity index (χ4v) is 1.73. The average Bonchev–Trinajstić information content (AvgIpc) is 2.07. The monoisotopic (exact) mass is 200 g/mol. The quantitative estimate of drug-likeness (QED) is 0.565. The van der Waals surface area contributed by atoms with Crippen LogP contribution in [-0.2, 0) is 4.79 Å².